The van der Waals surface area contributed by atoms with Gasteiger partial charge in [0.2, 0.25) is 5.91 Å². The highest BCUT2D eigenvalue weighted by molar-refractivity contribution is 7.20. The van der Waals surface area contributed by atoms with Gasteiger partial charge in [0.25, 0.3) is 0 Å². The Kier molecular flexibility index (Phi) is 6.33. The van der Waals surface area contributed by atoms with E-state index in [4.69, 9.17) is 16.3 Å². The molecule has 1 N–H and O–H groups in total. The predicted molar refractivity (Wildman–Crippen MR) is 121 cm³/mol. The minimum atomic E-state index is -0.347. The summed E-state index contributed by atoms with van der Waals surface area (Å²) in [5.74, 6) is 0.583. The lowest BCUT2D eigenvalue weighted by Crippen LogP contribution is -2.41. The number of carbonyl (C=O) groups is 2. The number of aryl methyl sites for hydroxylation is 1. The summed E-state index contributed by atoms with van der Waals surface area (Å²) in [6.45, 7) is 5.29. The van der Waals surface area contributed by atoms with Gasteiger partial charge in [-0.1, -0.05) is 11.6 Å². The number of hydrogen-bond donors (Lipinski definition) is 1. The first-order chi connectivity index (χ1) is 15.0. The van der Waals surface area contributed by atoms with Crippen molar-refractivity contribution in [1.82, 2.24) is 15.0 Å². The molecule has 1 aliphatic rings. The molecule has 4 rings (SSSR count). The molecule has 0 aromatic carbocycles. The highest BCUT2D eigenvalue weighted by atomic mass is 35.5. The lowest BCUT2D eigenvalue weighted by molar-refractivity contribution is -0.120. The van der Waals surface area contributed by atoms with Crippen LogP contribution in [0.3, 0.4) is 0 Å². The molecule has 3 aromatic rings. The lowest BCUT2D eigenvalue weighted by atomic mass is 9.96. The number of nitrogens with one attached hydrogen (secondary N) is 1. The van der Waals surface area contributed by atoms with E-state index in [9.17, 15) is 9.59 Å². The van der Waals surface area contributed by atoms with E-state index in [0.717, 1.165) is 41.0 Å². The van der Waals surface area contributed by atoms with E-state index in [1.54, 1.807) is 19.1 Å². The van der Waals surface area contributed by atoms with Crippen LogP contribution >= 0.6 is 22.9 Å². The molecular weight excluding hydrogens is 438 g/mol. The molecule has 0 spiro atoms. The number of carbonyl (C=O) groups excluding carboxylic acids is 2. The van der Waals surface area contributed by atoms with Crippen molar-refractivity contribution in [2.45, 2.75) is 26.7 Å². The van der Waals surface area contributed by atoms with Crippen molar-refractivity contribution in [1.29, 1.82) is 0 Å². The van der Waals surface area contributed by atoms with Gasteiger partial charge < -0.3 is 15.0 Å². The van der Waals surface area contributed by atoms with E-state index in [0.29, 0.717) is 28.9 Å². The average Bonchev–Trinajstić information content (AvgIpc) is 3.12. The number of ether oxygens (including phenoxy) is 1. The van der Waals surface area contributed by atoms with Crippen LogP contribution in [0.4, 0.5) is 11.6 Å². The summed E-state index contributed by atoms with van der Waals surface area (Å²) < 4.78 is 5.18. The molecule has 0 bridgehead atoms. The Morgan fingerprint density at radius 3 is 2.90 bits per heavy atom. The van der Waals surface area contributed by atoms with Crippen molar-refractivity contribution in [2.24, 2.45) is 5.92 Å². The van der Waals surface area contributed by atoms with Crippen molar-refractivity contribution in [2.75, 3.05) is 29.9 Å². The molecule has 0 radical (unpaired) electrons. The summed E-state index contributed by atoms with van der Waals surface area (Å²) in [5.41, 5.74) is 0.811. The molecule has 0 unspecified atom stereocenters. The first-order valence-electron chi connectivity index (χ1n) is 10.1. The summed E-state index contributed by atoms with van der Waals surface area (Å²) in [6, 6.07) is 3.37. The van der Waals surface area contributed by atoms with E-state index in [1.165, 1.54) is 23.9 Å². The van der Waals surface area contributed by atoms with Gasteiger partial charge in [-0.3, -0.25) is 4.79 Å². The van der Waals surface area contributed by atoms with E-state index in [2.05, 4.69) is 25.2 Å². The quantitative estimate of drug-likeness (QED) is 0.574. The fourth-order valence-corrected chi connectivity index (χ4v) is 4.89. The average molecular weight is 460 g/mol. The number of amides is 1. The van der Waals surface area contributed by atoms with Crippen LogP contribution in [0.25, 0.3) is 10.2 Å². The zero-order valence-corrected chi connectivity index (χ0v) is 18.8. The van der Waals surface area contributed by atoms with Crippen LogP contribution in [0.2, 0.25) is 5.02 Å². The summed E-state index contributed by atoms with van der Waals surface area (Å²) in [6.07, 6.45) is 4.64. The molecule has 31 heavy (non-hydrogen) atoms. The van der Waals surface area contributed by atoms with E-state index in [1.807, 2.05) is 6.92 Å². The predicted octanol–water partition coefficient (Wildman–Crippen LogP) is 4.08. The van der Waals surface area contributed by atoms with Crippen LogP contribution < -0.4 is 10.2 Å². The number of thiophene rings is 1. The largest absolute Gasteiger partial charge is 0.462 e. The first-order valence-corrected chi connectivity index (χ1v) is 11.3. The van der Waals surface area contributed by atoms with Crippen LogP contribution in [0, 0.1) is 12.8 Å². The number of anilines is 2. The Bertz CT molecular complexity index is 1120. The number of fused-ring (bicyclic) bond motifs is 1. The smallest absolute Gasteiger partial charge is 0.348 e. The van der Waals surface area contributed by atoms with Gasteiger partial charge >= 0.3 is 5.97 Å². The molecule has 0 aliphatic carbocycles. The monoisotopic (exact) mass is 459 g/mol. The maximum absolute atomic E-state index is 12.8. The van der Waals surface area contributed by atoms with Crippen molar-refractivity contribution in [3.05, 3.63) is 40.1 Å². The summed E-state index contributed by atoms with van der Waals surface area (Å²) in [4.78, 5) is 41.5. The Hall–Kier alpha value is -2.78. The number of halogens is 1. The summed E-state index contributed by atoms with van der Waals surface area (Å²) >= 11 is 7.17. The molecule has 8 nitrogen and oxygen atoms in total. The molecule has 1 aliphatic heterocycles. The van der Waals surface area contributed by atoms with Crippen molar-refractivity contribution in [3.63, 3.8) is 0 Å². The topological polar surface area (TPSA) is 97.3 Å². The van der Waals surface area contributed by atoms with Crippen LogP contribution in [-0.4, -0.2) is 46.5 Å². The number of hydrogen-bond acceptors (Lipinski definition) is 8. The molecule has 1 amide bonds. The Morgan fingerprint density at radius 2 is 2.16 bits per heavy atom. The van der Waals surface area contributed by atoms with Crippen LogP contribution in [-0.2, 0) is 9.53 Å². The second-order valence-corrected chi connectivity index (χ2v) is 8.73. The van der Waals surface area contributed by atoms with Crippen LogP contribution in [0.1, 0.15) is 35.0 Å². The number of rotatable bonds is 5. The van der Waals surface area contributed by atoms with Gasteiger partial charge in [0.15, 0.2) is 0 Å². The third-order valence-corrected chi connectivity index (χ3v) is 6.64. The zero-order chi connectivity index (χ0) is 22.0. The van der Waals surface area contributed by atoms with Gasteiger partial charge in [-0.2, -0.15) is 0 Å². The SMILES string of the molecule is CCOC(=O)c1sc2ncnc(N3CCC[C@@H](C(=O)Nc4ccc(Cl)cn4)C3)c2c1C. The van der Waals surface area contributed by atoms with Gasteiger partial charge in [0.1, 0.15) is 27.7 Å². The van der Waals surface area contributed by atoms with Gasteiger partial charge in [0.05, 0.1) is 22.9 Å². The number of aromatic nitrogens is 3. The maximum Gasteiger partial charge on any atom is 0.348 e. The highest BCUT2D eigenvalue weighted by Crippen LogP contribution is 2.36. The normalized spacial score (nSPS) is 16.4. The van der Waals surface area contributed by atoms with Gasteiger partial charge in [0, 0.05) is 19.3 Å². The summed E-state index contributed by atoms with van der Waals surface area (Å²) in [5, 5.41) is 4.23. The highest BCUT2D eigenvalue weighted by Gasteiger charge is 2.29. The standard InChI is InChI=1S/C21H22ClN5O3S/c1-3-30-21(29)17-12(2)16-18(24-11-25-20(16)31-17)27-8-4-5-13(10-27)19(28)26-15-7-6-14(22)9-23-15/h6-7,9,11,13H,3-5,8,10H2,1-2H3,(H,23,26,28)/t13-/m1/s1. The lowest BCUT2D eigenvalue weighted by Gasteiger charge is -2.33. The molecule has 4 heterocycles. The molecular formula is C21H22ClN5O3S. The minimum Gasteiger partial charge on any atom is -0.462 e. The fraction of sp³-hybridized carbons (Fsp3) is 0.381. The number of esters is 1. The van der Waals surface area contributed by atoms with E-state index < -0.39 is 0 Å². The van der Waals surface area contributed by atoms with Crippen LogP contribution in [0.5, 0.6) is 0 Å². The third kappa shape index (κ3) is 4.47. The first kappa shape index (κ1) is 21.5. The van der Waals surface area contributed by atoms with Gasteiger partial charge in [-0.05, 0) is 44.4 Å². The second-order valence-electron chi connectivity index (χ2n) is 7.29. The van der Waals surface area contributed by atoms with Gasteiger partial charge in [-0.15, -0.1) is 11.3 Å². The maximum atomic E-state index is 12.8. The molecule has 1 saturated heterocycles. The van der Waals surface area contributed by atoms with Crippen LogP contribution in [0.15, 0.2) is 24.7 Å². The molecule has 1 atom stereocenters. The summed E-state index contributed by atoms with van der Waals surface area (Å²) in [7, 11) is 0. The number of nitrogens with zero attached hydrogens (tertiary/aromatic N) is 4. The number of pyridine rings is 1. The molecule has 162 valence electrons. The Morgan fingerprint density at radius 1 is 1.32 bits per heavy atom. The van der Waals surface area contributed by atoms with Crippen molar-refractivity contribution in [3.8, 4) is 0 Å². The third-order valence-electron chi connectivity index (χ3n) is 5.24. The van der Waals surface area contributed by atoms with Gasteiger partial charge in [-0.25, -0.2) is 19.7 Å². The van der Waals surface area contributed by atoms with E-state index in [-0.39, 0.29) is 17.8 Å². The Labute approximate surface area is 188 Å². The fourth-order valence-electron chi connectivity index (χ4n) is 3.75. The molecule has 1 fully saturated rings. The molecule has 3 aromatic heterocycles. The minimum absolute atomic E-state index is 0.0842. The molecule has 10 heteroatoms. The van der Waals surface area contributed by atoms with E-state index >= 15 is 0 Å². The second kappa shape index (κ2) is 9.15. The van der Waals surface area contributed by atoms with Crippen molar-refractivity contribution < 1.29 is 14.3 Å². The molecule has 0 saturated carbocycles. The Balaban J connectivity index is 1.57. The number of piperidine rings is 1. The zero-order valence-electron chi connectivity index (χ0n) is 17.2. The van der Waals surface area contributed by atoms with Crippen molar-refractivity contribution >= 4 is 56.7 Å².